The maximum atomic E-state index is 5.25. The summed E-state index contributed by atoms with van der Waals surface area (Å²) < 4.78 is 6.30. The zero-order valence-electron chi connectivity index (χ0n) is 6.58. The highest BCUT2D eigenvalue weighted by Gasteiger charge is 2.00. The van der Waals surface area contributed by atoms with Gasteiger partial charge in [-0.2, -0.15) is 0 Å². The second-order valence-corrected chi connectivity index (χ2v) is 3.84. The fourth-order valence-corrected chi connectivity index (χ4v) is 1.45. The van der Waals surface area contributed by atoms with Crippen molar-refractivity contribution in [1.82, 2.24) is 4.98 Å². The van der Waals surface area contributed by atoms with Crippen molar-refractivity contribution in [2.45, 2.75) is 0 Å². The monoisotopic (exact) mass is 255 g/mol. The van der Waals surface area contributed by atoms with Crippen molar-refractivity contribution >= 4 is 28.1 Å². The molecule has 0 aliphatic heterocycles. The SMILES string of the molecule is S=c1[nH]cc(-c2ccc(Br)cc2)o1. The third kappa shape index (κ3) is 1.89. The van der Waals surface area contributed by atoms with Gasteiger partial charge < -0.3 is 9.40 Å². The predicted molar refractivity (Wildman–Crippen MR) is 57.0 cm³/mol. The highest BCUT2D eigenvalue weighted by atomic mass is 79.9. The van der Waals surface area contributed by atoms with Gasteiger partial charge in [0.1, 0.15) is 0 Å². The first kappa shape index (κ1) is 8.72. The van der Waals surface area contributed by atoms with E-state index in [0.717, 1.165) is 15.8 Å². The molecule has 13 heavy (non-hydrogen) atoms. The molecule has 0 bridgehead atoms. The van der Waals surface area contributed by atoms with Crippen molar-refractivity contribution in [1.29, 1.82) is 0 Å². The van der Waals surface area contributed by atoms with E-state index in [9.17, 15) is 0 Å². The van der Waals surface area contributed by atoms with Gasteiger partial charge >= 0.3 is 0 Å². The molecule has 0 aliphatic carbocycles. The largest absolute Gasteiger partial charge is 0.429 e. The molecule has 1 N–H and O–H groups in total. The van der Waals surface area contributed by atoms with Gasteiger partial charge in [-0.1, -0.05) is 28.1 Å². The molecule has 2 nitrogen and oxygen atoms in total. The number of hydrogen-bond acceptors (Lipinski definition) is 2. The summed E-state index contributed by atoms with van der Waals surface area (Å²) in [7, 11) is 0. The molecule has 0 aliphatic rings. The summed E-state index contributed by atoms with van der Waals surface area (Å²) in [6.45, 7) is 0. The van der Waals surface area contributed by atoms with E-state index in [2.05, 4.69) is 20.9 Å². The molecule has 0 saturated carbocycles. The van der Waals surface area contributed by atoms with Crippen LogP contribution in [-0.4, -0.2) is 4.98 Å². The van der Waals surface area contributed by atoms with Crippen LogP contribution in [0.4, 0.5) is 0 Å². The average Bonchev–Trinajstić information content (AvgIpc) is 2.53. The Labute approximate surface area is 88.7 Å². The number of rotatable bonds is 1. The van der Waals surface area contributed by atoms with Crippen molar-refractivity contribution < 1.29 is 4.42 Å². The molecule has 0 radical (unpaired) electrons. The van der Waals surface area contributed by atoms with Gasteiger partial charge in [-0.15, -0.1) is 0 Å². The number of hydrogen-bond donors (Lipinski definition) is 1. The molecule has 0 atom stereocenters. The standard InChI is InChI=1S/C9H6BrNOS/c10-7-3-1-6(2-4-7)8-5-11-9(13)12-8/h1-5H,(H,11,13). The maximum absolute atomic E-state index is 5.25. The third-order valence-electron chi connectivity index (χ3n) is 1.65. The van der Waals surface area contributed by atoms with Crippen LogP contribution in [0.15, 0.2) is 39.4 Å². The van der Waals surface area contributed by atoms with E-state index >= 15 is 0 Å². The van der Waals surface area contributed by atoms with Gasteiger partial charge in [0.15, 0.2) is 5.76 Å². The lowest BCUT2D eigenvalue weighted by atomic mass is 10.2. The molecule has 1 aromatic heterocycles. The minimum absolute atomic E-state index is 0.401. The topological polar surface area (TPSA) is 28.9 Å². The molecule has 1 aromatic carbocycles. The van der Waals surface area contributed by atoms with E-state index in [1.54, 1.807) is 6.20 Å². The van der Waals surface area contributed by atoms with Crippen LogP contribution >= 0.6 is 28.1 Å². The molecule has 0 unspecified atom stereocenters. The van der Waals surface area contributed by atoms with Crippen LogP contribution in [0.1, 0.15) is 0 Å². The van der Waals surface area contributed by atoms with E-state index in [1.165, 1.54) is 0 Å². The summed E-state index contributed by atoms with van der Waals surface area (Å²) in [6.07, 6.45) is 1.76. The van der Waals surface area contributed by atoms with Crippen molar-refractivity contribution in [3.05, 3.63) is 39.8 Å². The van der Waals surface area contributed by atoms with Crippen LogP contribution < -0.4 is 0 Å². The van der Waals surface area contributed by atoms with Gasteiger partial charge in [-0.3, -0.25) is 0 Å². The van der Waals surface area contributed by atoms with Crippen LogP contribution in [0.2, 0.25) is 0 Å². The molecule has 2 rings (SSSR count). The second kappa shape index (κ2) is 3.47. The first-order valence-corrected chi connectivity index (χ1v) is 4.90. The van der Waals surface area contributed by atoms with Crippen molar-refractivity contribution in [2.24, 2.45) is 0 Å². The highest BCUT2D eigenvalue weighted by Crippen LogP contribution is 2.21. The Bertz CT molecular complexity index is 457. The fraction of sp³-hybridized carbons (Fsp3) is 0. The summed E-state index contributed by atoms with van der Waals surface area (Å²) in [6, 6.07) is 7.85. The van der Waals surface area contributed by atoms with E-state index in [0.29, 0.717) is 4.84 Å². The zero-order chi connectivity index (χ0) is 9.26. The van der Waals surface area contributed by atoms with Crippen molar-refractivity contribution in [3.8, 4) is 11.3 Å². The summed E-state index contributed by atoms with van der Waals surface area (Å²) in [5.74, 6) is 0.762. The smallest absolute Gasteiger partial charge is 0.266 e. The van der Waals surface area contributed by atoms with E-state index < -0.39 is 0 Å². The second-order valence-electron chi connectivity index (χ2n) is 2.55. The van der Waals surface area contributed by atoms with E-state index in [-0.39, 0.29) is 0 Å². The fourth-order valence-electron chi connectivity index (χ4n) is 1.04. The number of nitrogens with one attached hydrogen (secondary N) is 1. The molecule has 0 saturated heterocycles. The lowest BCUT2D eigenvalue weighted by Gasteiger charge is -1.94. The molecule has 0 fully saturated rings. The van der Waals surface area contributed by atoms with Crippen molar-refractivity contribution in [2.75, 3.05) is 0 Å². The van der Waals surface area contributed by atoms with Gasteiger partial charge in [0.05, 0.1) is 0 Å². The van der Waals surface area contributed by atoms with E-state index in [1.807, 2.05) is 24.3 Å². The number of oxazole rings is 1. The van der Waals surface area contributed by atoms with Gasteiger partial charge in [0.2, 0.25) is 0 Å². The summed E-state index contributed by atoms with van der Waals surface area (Å²) in [5, 5.41) is 0. The normalized spacial score (nSPS) is 10.2. The van der Waals surface area contributed by atoms with Crippen molar-refractivity contribution in [3.63, 3.8) is 0 Å². The van der Waals surface area contributed by atoms with Crippen LogP contribution in [0.5, 0.6) is 0 Å². The summed E-state index contributed by atoms with van der Waals surface area (Å²) in [4.78, 5) is 3.22. The first-order valence-electron chi connectivity index (χ1n) is 3.70. The van der Waals surface area contributed by atoms with Crippen LogP contribution in [0, 0.1) is 4.84 Å². The van der Waals surface area contributed by atoms with E-state index in [4.69, 9.17) is 16.6 Å². The lowest BCUT2D eigenvalue weighted by Crippen LogP contribution is -1.71. The predicted octanol–water partition coefficient (Wildman–Crippen LogP) is 3.77. The number of H-pyrrole nitrogens is 1. The number of halogens is 1. The summed E-state index contributed by atoms with van der Waals surface area (Å²) >= 11 is 8.19. The molecular formula is C9H6BrNOS. The molecule has 4 heteroatoms. The zero-order valence-corrected chi connectivity index (χ0v) is 8.98. The Morgan fingerprint density at radius 3 is 2.46 bits per heavy atom. The van der Waals surface area contributed by atoms with Crippen LogP contribution in [0.25, 0.3) is 11.3 Å². The average molecular weight is 256 g/mol. The molecule has 66 valence electrons. The Balaban J connectivity index is 2.47. The minimum Gasteiger partial charge on any atom is -0.429 e. The van der Waals surface area contributed by atoms with Crippen LogP contribution in [-0.2, 0) is 0 Å². The Kier molecular flexibility index (Phi) is 2.33. The molecule has 2 aromatic rings. The Hall–Kier alpha value is -0.870. The Morgan fingerprint density at radius 2 is 1.92 bits per heavy atom. The van der Waals surface area contributed by atoms with Gasteiger partial charge in [0.25, 0.3) is 4.84 Å². The van der Waals surface area contributed by atoms with Gasteiger partial charge in [-0.25, -0.2) is 0 Å². The number of benzene rings is 1. The molecule has 0 amide bonds. The first-order chi connectivity index (χ1) is 6.25. The lowest BCUT2D eigenvalue weighted by molar-refractivity contribution is 0.554. The number of aromatic amines is 1. The minimum atomic E-state index is 0.401. The third-order valence-corrected chi connectivity index (χ3v) is 2.38. The maximum Gasteiger partial charge on any atom is 0.266 e. The molecule has 0 spiro atoms. The Morgan fingerprint density at radius 1 is 1.23 bits per heavy atom. The van der Waals surface area contributed by atoms with Crippen LogP contribution in [0.3, 0.4) is 0 Å². The molecule has 1 heterocycles. The summed E-state index contributed by atoms with van der Waals surface area (Å²) in [5.41, 5.74) is 1.01. The molecular weight excluding hydrogens is 250 g/mol. The van der Waals surface area contributed by atoms with Gasteiger partial charge in [0, 0.05) is 16.2 Å². The highest BCUT2D eigenvalue weighted by molar-refractivity contribution is 9.10. The van der Waals surface area contributed by atoms with Gasteiger partial charge in [-0.05, 0) is 24.4 Å². The number of aromatic nitrogens is 1. The quantitative estimate of drug-likeness (QED) is 0.787.